The van der Waals surface area contributed by atoms with E-state index in [1.807, 2.05) is 0 Å². The molecule has 1 aromatic carbocycles. The second kappa shape index (κ2) is 12.8. The van der Waals surface area contributed by atoms with Crippen LogP contribution in [-0.2, 0) is 17.8 Å². The lowest BCUT2D eigenvalue weighted by atomic mass is 9.84. The Balaban J connectivity index is 0.00000320. The molecule has 2 heterocycles. The summed E-state index contributed by atoms with van der Waals surface area (Å²) in [6.07, 6.45) is 4.38. The first-order valence-corrected chi connectivity index (χ1v) is 11.1. The van der Waals surface area contributed by atoms with Gasteiger partial charge in [0.1, 0.15) is 0 Å². The number of aliphatic hydroxyl groups is 1. The standard InChI is InChI=1S/C23H38N4O2.HI/c1-19-7-11-27(12-8-19)16-21-5-3-20(4-6-21)15-25-22(24-2)26-17-23(9-13-28)10-14-29-18-23;/h3-6,19,28H,7-18H2,1-2H3,(H2,24,25,26);1H. The van der Waals surface area contributed by atoms with Crippen molar-refractivity contribution in [3.8, 4) is 0 Å². The summed E-state index contributed by atoms with van der Waals surface area (Å²) in [6, 6.07) is 8.91. The molecular formula is C23H39IN4O2. The summed E-state index contributed by atoms with van der Waals surface area (Å²) < 4.78 is 5.56. The Hall–Kier alpha value is -0.900. The molecule has 2 saturated heterocycles. The summed E-state index contributed by atoms with van der Waals surface area (Å²) in [7, 11) is 1.79. The molecule has 0 bridgehead atoms. The van der Waals surface area contributed by atoms with Gasteiger partial charge in [0.25, 0.3) is 0 Å². The quantitative estimate of drug-likeness (QED) is 0.274. The molecule has 1 unspecified atom stereocenters. The molecular weight excluding hydrogens is 491 g/mol. The minimum Gasteiger partial charge on any atom is -0.396 e. The molecule has 0 aromatic heterocycles. The molecule has 3 N–H and O–H groups in total. The Morgan fingerprint density at radius 1 is 1.20 bits per heavy atom. The van der Waals surface area contributed by atoms with Crippen LogP contribution in [0.15, 0.2) is 29.3 Å². The van der Waals surface area contributed by atoms with Gasteiger partial charge in [0.15, 0.2) is 5.96 Å². The Morgan fingerprint density at radius 3 is 2.50 bits per heavy atom. The van der Waals surface area contributed by atoms with E-state index in [1.54, 1.807) is 7.05 Å². The molecule has 0 aliphatic carbocycles. The van der Waals surface area contributed by atoms with E-state index in [2.05, 4.69) is 51.7 Å². The summed E-state index contributed by atoms with van der Waals surface area (Å²) in [4.78, 5) is 6.90. The zero-order valence-corrected chi connectivity index (χ0v) is 20.9. The number of halogens is 1. The van der Waals surface area contributed by atoms with E-state index in [1.165, 1.54) is 37.1 Å². The maximum absolute atomic E-state index is 9.37. The number of likely N-dealkylation sites (tertiary alicyclic amines) is 1. The van der Waals surface area contributed by atoms with Gasteiger partial charge >= 0.3 is 0 Å². The lowest BCUT2D eigenvalue weighted by Crippen LogP contribution is -2.44. The number of aliphatic hydroxyl groups excluding tert-OH is 1. The summed E-state index contributed by atoms with van der Waals surface area (Å²) >= 11 is 0. The van der Waals surface area contributed by atoms with Crippen molar-refractivity contribution in [2.45, 2.75) is 45.7 Å². The predicted octanol–water partition coefficient (Wildman–Crippen LogP) is 2.99. The Morgan fingerprint density at radius 2 is 1.90 bits per heavy atom. The second-order valence-electron chi connectivity index (χ2n) is 8.83. The Labute approximate surface area is 198 Å². The number of hydrogen-bond acceptors (Lipinski definition) is 4. The fraction of sp³-hybridized carbons (Fsp3) is 0.696. The SMILES string of the molecule is CN=C(NCc1ccc(CN2CCC(C)CC2)cc1)NCC1(CCO)CCOC1.I. The normalized spacial score (nSPS) is 23.2. The molecule has 2 aliphatic heterocycles. The van der Waals surface area contributed by atoms with Gasteiger partial charge < -0.3 is 20.5 Å². The minimum atomic E-state index is 0. The molecule has 0 saturated carbocycles. The number of rotatable bonds is 8. The second-order valence-corrected chi connectivity index (χ2v) is 8.83. The summed E-state index contributed by atoms with van der Waals surface area (Å²) in [5.74, 6) is 1.67. The van der Waals surface area contributed by atoms with Gasteiger partial charge in [-0.15, -0.1) is 24.0 Å². The molecule has 0 spiro atoms. The van der Waals surface area contributed by atoms with Gasteiger partial charge in [0.2, 0.25) is 0 Å². The number of aliphatic imine (C=N–C) groups is 1. The van der Waals surface area contributed by atoms with Gasteiger partial charge in [-0.3, -0.25) is 9.89 Å². The maximum Gasteiger partial charge on any atom is 0.191 e. The summed E-state index contributed by atoms with van der Waals surface area (Å²) in [5.41, 5.74) is 2.65. The first-order chi connectivity index (χ1) is 14.1. The largest absolute Gasteiger partial charge is 0.396 e. The van der Waals surface area contributed by atoms with Gasteiger partial charge in [-0.05, 0) is 55.8 Å². The zero-order chi connectivity index (χ0) is 20.5. The molecule has 0 amide bonds. The van der Waals surface area contributed by atoms with Crippen LogP contribution in [0, 0.1) is 11.3 Å². The van der Waals surface area contributed by atoms with Crippen molar-refractivity contribution in [3.05, 3.63) is 35.4 Å². The highest BCUT2D eigenvalue weighted by molar-refractivity contribution is 14.0. The van der Waals surface area contributed by atoms with Crippen molar-refractivity contribution in [1.29, 1.82) is 0 Å². The number of nitrogens with zero attached hydrogens (tertiary/aromatic N) is 2. The van der Waals surface area contributed by atoms with Crippen molar-refractivity contribution in [2.24, 2.45) is 16.3 Å². The monoisotopic (exact) mass is 530 g/mol. The first-order valence-electron chi connectivity index (χ1n) is 11.1. The molecule has 0 radical (unpaired) electrons. The average Bonchev–Trinajstić information content (AvgIpc) is 3.20. The van der Waals surface area contributed by atoms with E-state index in [9.17, 15) is 5.11 Å². The van der Waals surface area contributed by atoms with Crippen LogP contribution < -0.4 is 10.6 Å². The third-order valence-electron chi connectivity index (χ3n) is 6.45. The minimum absolute atomic E-state index is 0. The van der Waals surface area contributed by atoms with E-state index in [0.717, 1.165) is 51.0 Å². The van der Waals surface area contributed by atoms with Crippen LogP contribution in [0.3, 0.4) is 0 Å². The number of benzene rings is 1. The van der Waals surface area contributed by atoms with E-state index in [0.29, 0.717) is 6.61 Å². The van der Waals surface area contributed by atoms with Gasteiger partial charge in [-0.1, -0.05) is 31.2 Å². The Kier molecular flexibility index (Phi) is 10.8. The van der Waals surface area contributed by atoms with Gasteiger partial charge in [0, 0.05) is 45.3 Å². The third kappa shape index (κ3) is 7.66. The molecule has 170 valence electrons. The molecule has 1 atom stereocenters. The van der Waals surface area contributed by atoms with Crippen LogP contribution in [0.5, 0.6) is 0 Å². The highest BCUT2D eigenvalue weighted by Gasteiger charge is 2.34. The van der Waals surface area contributed by atoms with Crippen LogP contribution in [-0.4, -0.2) is 62.5 Å². The van der Waals surface area contributed by atoms with Crippen LogP contribution in [0.4, 0.5) is 0 Å². The topological polar surface area (TPSA) is 69.1 Å². The lowest BCUT2D eigenvalue weighted by Gasteiger charge is -2.30. The van der Waals surface area contributed by atoms with Crippen molar-refractivity contribution >= 4 is 29.9 Å². The third-order valence-corrected chi connectivity index (χ3v) is 6.45. The van der Waals surface area contributed by atoms with Crippen LogP contribution in [0.2, 0.25) is 0 Å². The molecule has 3 rings (SSSR count). The fourth-order valence-electron chi connectivity index (χ4n) is 4.23. The van der Waals surface area contributed by atoms with E-state index in [-0.39, 0.29) is 36.0 Å². The maximum atomic E-state index is 9.37. The number of ether oxygens (including phenoxy) is 1. The Bertz CT molecular complexity index is 639. The number of guanidine groups is 1. The molecule has 7 heteroatoms. The number of hydrogen-bond donors (Lipinski definition) is 3. The highest BCUT2D eigenvalue weighted by atomic mass is 127. The molecule has 2 aliphatic rings. The first kappa shape index (κ1) is 25.4. The molecule has 2 fully saturated rings. The van der Waals surface area contributed by atoms with Crippen LogP contribution in [0.1, 0.15) is 43.7 Å². The predicted molar refractivity (Wildman–Crippen MR) is 133 cm³/mol. The van der Waals surface area contributed by atoms with Gasteiger partial charge in [-0.2, -0.15) is 0 Å². The van der Waals surface area contributed by atoms with Crippen LogP contribution >= 0.6 is 24.0 Å². The van der Waals surface area contributed by atoms with Gasteiger partial charge in [-0.25, -0.2) is 0 Å². The zero-order valence-electron chi connectivity index (χ0n) is 18.5. The van der Waals surface area contributed by atoms with Crippen molar-refractivity contribution < 1.29 is 9.84 Å². The number of nitrogens with one attached hydrogen (secondary N) is 2. The number of piperidine rings is 1. The lowest BCUT2D eigenvalue weighted by molar-refractivity contribution is 0.127. The van der Waals surface area contributed by atoms with E-state index < -0.39 is 0 Å². The van der Waals surface area contributed by atoms with E-state index >= 15 is 0 Å². The molecule has 6 nitrogen and oxygen atoms in total. The molecule has 30 heavy (non-hydrogen) atoms. The van der Waals surface area contributed by atoms with Gasteiger partial charge in [0.05, 0.1) is 6.61 Å². The average molecular weight is 530 g/mol. The smallest absolute Gasteiger partial charge is 0.191 e. The molecule has 1 aromatic rings. The van der Waals surface area contributed by atoms with Crippen molar-refractivity contribution in [1.82, 2.24) is 15.5 Å². The van der Waals surface area contributed by atoms with E-state index in [4.69, 9.17) is 4.74 Å². The highest BCUT2D eigenvalue weighted by Crippen LogP contribution is 2.31. The van der Waals surface area contributed by atoms with Crippen molar-refractivity contribution in [3.63, 3.8) is 0 Å². The summed E-state index contributed by atoms with van der Waals surface area (Å²) in [6.45, 7) is 9.02. The van der Waals surface area contributed by atoms with Crippen molar-refractivity contribution in [2.75, 3.05) is 46.5 Å². The fourth-order valence-corrected chi connectivity index (χ4v) is 4.23. The van der Waals surface area contributed by atoms with Crippen LogP contribution in [0.25, 0.3) is 0 Å². The summed E-state index contributed by atoms with van der Waals surface area (Å²) in [5, 5.41) is 16.2.